The molecule has 9 N–H and O–H groups in total. The van der Waals surface area contributed by atoms with Gasteiger partial charge in [0.05, 0.1) is 32.0 Å². The van der Waals surface area contributed by atoms with E-state index in [1.54, 1.807) is 6.08 Å². The first-order valence-corrected chi connectivity index (χ1v) is 36.7. The molecule has 12 atom stereocenters. The van der Waals surface area contributed by atoms with Crippen LogP contribution in [0, 0.1) is 0 Å². The molecule has 2 aliphatic heterocycles. The Kier molecular flexibility index (Phi) is 54.3. The Bertz CT molecular complexity index is 1600. The van der Waals surface area contributed by atoms with Gasteiger partial charge in [0, 0.05) is 6.42 Å². The molecular formula is C73H137NO13. The minimum atomic E-state index is -1.79. The highest BCUT2D eigenvalue weighted by molar-refractivity contribution is 5.76. The number of ether oxygens (including phenoxy) is 4. The number of amides is 1. The zero-order valence-corrected chi connectivity index (χ0v) is 55.8. The topological polar surface area (TPSA) is 228 Å². The van der Waals surface area contributed by atoms with Gasteiger partial charge < -0.3 is 65.1 Å². The van der Waals surface area contributed by atoms with E-state index in [0.29, 0.717) is 6.42 Å². The second-order valence-corrected chi connectivity index (χ2v) is 26.1. The molecule has 2 heterocycles. The Morgan fingerprint density at radius 2 is 0.759 bits per heavy atom. The van der Waals surface area contributed by atoms with Crippen molar-refractivity contribution in [2.24, 2.45) is 0 Å². The number of allylic oxidation sites excluding steroid dienone is 5. The molecule has 2 fully saturated rings. The Hall–Kier alpha value is -1.79. The van der Waals surface area contributed by atoms with E-state index in [4.69, 9.17) is 18.9 Å². The van der Waals surface area contributed by atoms with Gasteiger partial charge in [0.1, 0.15) is 48.8 Å². The first-order valence-electron chi connectivity index (χ1n) is 36.7. The van der Waals surface area contributed by atoms with Crippen LogP contribution in [0.3, 0.4) is 0 Å². The van der Waals surface area contributed by atoms with Crippen LogP contribution in [0.15, 0.2) is 36.5 Å². The van der Waals surface area contributed by atoms with E-state index < -0.39 is 86.8 Å². The lowest BCUT2D eigenvalue weighted by Crippen LogP contribution is -2.65. The molecule has 2 aliphatic rings. The molecule has 2 rings (SSSR count). The van der Waals surface area contributed by atoms with E-state index in [0.717, 1.165) is 44.9 Å². The predicted octanol–water partition coefficient (Wildman–Crippen LogP) is 15.3. The van der Waals surface area contributed by atoms with Crippen molar-refractivity contribution >= 4 is 5.91 Å². The second kappa shape index (κ2) is 58.1. The van der Waals surface area contributed by atoms with E-state index in [1.807, 2.05) is 6.08 Å². The van der Waals surface area contributed by atoms with Crippen LogP contribution in [0.2, 0.25) is 0 Å². The van der Waals surface area contributed by atoms with E-state index in [1.165, 1.54) is 257 Å². The first-order chi connectivity index (χ1) is 42.6. The normalized spacial score (nSPS) is 23.4. The standard InChI is InChI=1S/C73H137NO13/c1-3-5-7-9-11-13-15-17-19-21-23-25-26-27-28-29-30-31-32-33-34-35-36-37-39-41-43-45-47-49-51-53-55-57-65(78)74-61(62(77)56-54-52-50-48-46-44-42-40-38-24-22-20-18-16-14-12-10-8-6-4-2)60-84-72-70(83)68(81)71(64(59-76)86-72)87-73-69(82)67(80)66(79)63(58-75)85-73/h15,17,21,23,54,56,61-64,66-73,75-77,79-83H,3-14,16,18-20,22,24-53,55,57-60H2,1-2H3,(H,74,78)/b17-15-,23-21-,56-54+. The highest BCUT2D eigenvalue weighted by Gasteiger charge is 2.51. The maximum atomic E-state index is 13.3. The zero-order valence-electron chi connectivity index (χ0n) is 55.8. The fourth-order valence-corrected chi connectivity index (χ4v) is 12.2. The molecule has 0 aromatic rings. The van der Waals surface area contributed by atoms with Gasteiger partial charge in [-0.1, -0.05) is 307 Å². The van der Waals surface area contributed by atoms with Gasteiger partial charge in [0.15, 0.2) is 12.6 Å². The smallest absolute Gasteiger partial charge is 0.220 e. The highest BCUT2D eigenvalue weighted by Crippen LogP contribution is 2.30. The minimum absolute atomic E-state index is 0.233. The quantitative estimate of drug-likeness (QED) is 0.0204. The zero-order chi connectivity index (χ0) is 63.1. The van der Waals surface area contributed by atoms with Gasteiger partial charge in [-0.15, -0.1) is 0 Å². The summed E-state index contributed by atoms with van der Waals surface area (Å²) in [6.45, 7) is 2.84. The molecule has 0 saturated carbocycles. The Morgan fingerprint density at radius 3 is 1.15 bits per heavy atom. The van der Waals surface area contributed by atoms with E-state index in [9.17, 15) is 45.6 Å². The van der Waals surface area contributed by atoms with Crippen molar-refractivity contribution < 1.29 is 64.6 Å². The van der Waals surface area contributed by atoms with Gasteiger partial charge in [-0.25, -0.2) is 0 Å². The predicted molar refractivity (Wildman–Crippen MR) is 355 cm³/mol. The average molecular weight is 1240 g/mol. The number of carbonyl (C=O) groups is 1. The van der Waals surface area contributed by atoms with Gasteiger partial charge >= 0.3 is 0 Å². The lowest BCUT2D eigenvalue weighted by molar-refractivity contribution is -0.359. The van der Waals surface area contributed by atoms with Gasteiger partial charge in [0.2, 0.25) is 5.91 Å². The highest BCUT2D eigenvalue weighted by atomic mass is 16.7. The number of aliphatic hydroxyl groups excluding tert-OH is 8. The third kappa shape index (κ3) is 42.1. The van der Waals surface area contributed by atoms with E-state index in [2.05, 4.69) is 43.5 Å². The summed E-state index contributed by atoms with van der Waals surface area (Å²) in [6.07, 6.45) is 57.8. The minimum Gasteiger partial charge on any atom is -0.394 e. The van der Waals surface area contributed by atoms with Crippen molar-refractivity contribution in [3.8, 4) is 0 Å². The van der Waals surface area contributed by atoms with Crippen LogP contribution in [0.5, 0.6) is 0 Å². The summed E-state index contributed by atoms with van der Waals surface area (Å²) < 4.78 is 22.9. The summed E-state index contributed by atoms with van der Waals surface area (Å²) >= 11 is 0. The Balaban J connectivity index is 1.63. The number of rotatable bonds is 61. The van der Waals surface area contributed by atoms with Crippen molar-refractivity contribution in [2.45, 2.75) is 402 Å². The SMILES string of the molecule is CCCCCCC/C=C\C/C=C\CCCCCCCCCCCCCCCCCCCCCCCC(=O)NC(COC1OC(CO)C(OC2OC(CO)C(O)C(O)C2O)C(O)C1O)C(O)/C=C/CCCCCCCCCCCCCCCCCCCC. The van der Waals surface area contributed by atoms with Crippen LogP contribution in [0.1, 0.15) is 328 Å². The van der Waals surface area contributed by atoms with E-state index in [-0.39, 0.29) is 18.9 Å². The van der Waals surface area contributed by atoms with Gasteiger partial charge in [-0.05, 0) is 51.4 Å². The number of unbranched alkanes of at least 4 members (excludes halogenated alkanes) is 44. The van der Waals surface area contributed by atoms with Crippen molar-refractivity contribution in [2.75, 3.05) is 19.8 Å². The van der Waals surface area contributed by atoms with E-state index >= 15 is 0 Å². The Morgan fingerprint density at radius 1 is 0.414 bits per heavy atom. The fourth-order valence-electron chi connectivity index (χ4n) is 12.2. The van der Waals surface area contributed by atoms with Crippen molar-refractivity contribution in [1.29, 1.82) is 0 Å². The molecule has 512 valence electrons. The molecule has 0 bridgehead atoms. The molecule has 2 saturated heterocycles. The number of hydrogen-bond acceptors (Lipinski definition) is 13. The number of aliphatic hydroxyl groups is 8. The second-order valence-electron chi connectivity index (χ2n) is 26.1. The summed E-state index contributed by atoms with van der Waals surface area (Å²) in [5, 5.41) is 87.5. The number of carbonyl (C=O) groups excluding carboxylic acids is 1. The summed E-state index contributed by atoms with van der Waals surface area (Å²) in [7, 11) is 0. The van der Waals surface area contributed by atoms with Crippen LogP contribution in [-0.2, 0) is 23.7 Å². The molecule has 0 aromatic heterocycles. The molecule has 1 amide bonds. The van der Waals surface area contributed by atoms with Crippen molar-refractivity contribution in [3.05, 3.63) is 36.5 Å². The molecule has 14 heteroatoms. The van der Waals surface area contributed by atoms with Gasteiger partial charge in [-0.2, -0.15) is 0 Å². The lowest BCUT2D eigenvalue weighted by Gasteiger charge is -2.46. The third-order valence-electron chi connectivity index (χ3n) is 18.1. The fraction of sp³-hybridized carbons (Fsp3) is 0.904. The molecule has 14 nitrogen and oxygen atoms in total. The van der Waals surface area contributed by atoms with Crippen molar-refractivity contribution in [3.63, 3.8) is 0 Å². The number of nitrogens with one attached hydrogen (secondary N) is 1. The first kappa shape index (κ1) is 81.3. The average Bonchev–Trinajstić information content (AvgIpc) is 2.59. The number of hydrogen-bond donors (Lipinski definition) is 9. The molecule has 0 radical (unpaired) electrons. The largest absolute Gasteiger partial charge is 0.394 e. The lowest BCUT2D eigenvalue weighted by atomic mass is 9.97. The van der Waals surface area contributed by atoms with Crippen LogP contribution in [0.4, 0.5) is 0 Å². The van der Waals surface area contributed by atoms with Crippen LogP contribution in [-0.4, -0.2) is 140 Å². The van der Waals surface area contributed by atoms with Crippen LogP contribution >= 0.6 is 0 Å². The molecular weight excluding hydrogens is 1100 g/mol. The summed E-state index contributed by atoms with van der Waals surface area (Å²) in [4.78, 5) is 13.3. The summed E-state index contributed by atoms with van der Waals surface area (Å²) in [6, 6.07) is -0.914. The van der Waals surface area contributed by atoms with Gasteiger partial charge in [0.25, 0.3) is 0 Å². The summed E-state index contributed by atoms with van der Waals surface area (Å²) in [5.74, 6) is -0.233. The molecule has 0 aliphatic carbocycles. The van der Waals surface area contributed by atoms with Crippen LogP contribution < -0.4 is 5.32 Å². The molecule has 0 aromatic carbocycles. The van der Waals surface area contributed by atoms with Crippen molar-refractivity contribution in [1.82, 2.24) is 5.32 Å². The summed E-state index contributed by atoms with van der Waals surface area (Å²) in [5.41, 5.74) is 0. The maximum absolute atomic E-state index is 13.3. The van der Waals surface area contributed by atoms with Gasteiger partial charge in [-0.3, -0.25) is 4.79 Å². The molecule has 87 heavy (non-hydrogen) atoms. The Labute approximate surface area is 531 Å². The maximum Gasteiger partial charge on any atom is 0.220 e. The van der Waals surface area contributed by atoms with Crippen LogP contribution in [0.25, 0.3) is 0 Å². The third-order valence-corrected chi connectivity index (χ3v) is 18.1. The molecule has 12 unspecified atom stereocenters. The monoisotopic (exact) mass is 1240 g/mol. The molecule has 0 spiro atoms.